The van der Waals surface area contributed by atoms with Crippen molar-refractivity contribution in [3.8, 4) is 0 Å². The van der Waals surface area contributed by atoms with Crippen molar-refractivity contribution >= 4 is 23.3 Å². The highest BCUT2D eigenvalue weighted by molar-refractivity contribution is 5.98. The van der Waals surface area contributed by atoms with Crippen LogP contribution >= 0.6 is 0 Å². The summed E-state index contributed by atoms with van der Waals surface area (Å²) in [6.07, 6.45) is -0.221. The number of esters is 1. The molecule has 0 saturated carbocycles. The van der Waals surface area contributed by atoms with Crippen molar-refractivity contribution in [2.24, 2.45) is 5.92 Å². The second-order valence-electron chi connectivity index (χ2n) is 4.90. The third-order valence-corrected chi connectivity index (χ3v) is 2.41. The van der Waals surface area contributed by atoms with Gasteiger partial charge in [0.05, 0.1) is 11.7 Å². The standard InChI is InChI=1S/C14H20N2O3/c1-8(2)13(17)16-10-5-6-12(15)11(7-10)14(18)19-9(3)4/h5-9H,15H2,1-4H3,(H,16,17). The molecule has 19 heavy (non-hydrogen) atoms. The molecule has 0 fully saturated rings. The number of carbonyl (C=O) groups is 2. The van der Waals surface area contributed by atoms with Gasteiger partial charge in [-0.25, -0.2) is 4.79 Å². The van der Waals surface area contributed by atoms with Crippen molar-refractivity contribution in [2.45, 2.75) is 33.8 Å². The summed E-state index contributed by atoms with van der Waals surface area (Å²) in [5.74, 6) is -0.746. The van der Waals surface area contributed by atoms with Gasteiger partial charge in [0.1, 0.15) is 0 Å². The maximum absolute atomic E-state index is 11.8. The zero-order valence-corrected chi connectivity index (χ0v) is 11.7. The van der Waals surface area contributed by atoms with Crippen LogP contribution in [0.5, 0.6) is 0 Å². The molecule has 3 N–H and O–H groups in total. The number of ether oxygens (including phenoxy) is 1. The number of nitrogens with one attached hydrogen (secondary N) is 1. The maximum Gasteiger partial charge on any atom is 0.340 e. The van der Waals surface area contributed by atoms with Crippen LogP contribution in [-0.2, 0) is 9.53 Å². The van der Waals surface area contributed by atoms with Crippen LogP contribution in [-0.4, -0.2) is 18.0 Å². The van der Waals surface area contributed by atoms with E-state index in [1.807, 2.05) is 0 Å². The molecule has 0 spiro atoms. The first-order valence-corrected chi connectivity index (χ1v) is 6.22. The van der Waals surface area contributed by atoms with E-state index >= 15 is 0 Å². The monoisotopic (exact) mass is 264 g/mol. The molecule has 0 saturated heterocycles. The van der Waals surface area contributed by atoms with Crippen LogP contribution in [0.4, 0.5) is 11.4 Å². The molecule has 0 heterocycles. The van der Waals surface area contributed by atoms with Gasteiger partial charge in [-0.2, -0.15) is 0 Å². The number of nitrogen functional groups attached to an aromatic ring is 1. The molecule has 1 rings (SSSR count). The summed E-state index contributed by atoms with van der Waals surface area (Å²) in [7, 11) is 0. The number of rotatable bonds is 4. The van der Waals surface area contributed by atoms with E-state index in [2.05, 4.69) is 5.32 Å². The topological polar surface area (TPSA) is 81.4 Å². The number of hydrogen-bond donors (Lipinski definition) is 2. The molecule has 0 radical (unpaired) electrons. The zero-order valence-electron chi connectivity index (χ0n) is 11.7. The van der Waals surface area contributed by atoms with Gasteiger partial charge in [-0.1, -0.05) is 13.8 Å². The number of nitrogens with two attached hydrogens (primary N) is 1. The Kier molecular flexibility index (Phi) is 4.92. The fourth-order valence-corrected chi connectivity index (χ4v) is 1.37. The Bertz CT molecular complexity index is 482. The fraction of sp³-hybridized carbons (Fsp3) is 0.429. The van der Waals surface area contributed by atoms with E-state index in [-0.39, 0.29) is 23.5 Å². The van der Waals surface area contributed by atoms with E-state index in [1.54, 1.807) is 39.8 Å². The van der Waals surface area contributed by atoms with Crippen LogP contribution in [0.1, 0.15) is 38.1 Å². The predicted octanol–water partition coefficient (Wildman–Crippen LogP) is 2.43. The number of benzene rings is 1. The number of hydrogen-bond acceptors (Lipinski definition) is 4. The molecular weight excluding hydrogens is 244 g/mol. The van der Waals surface area contributed by atoms with Crippen molar-refractivity contribution in [1.82, 2.24) is 0 Å². The van der Waals surface area contributed by atoms with Gasteiger partial charge in [0.2, 0.25) is 5.91 Å². The van der Waals surface area contributed by atoms with Gasteiger partial charge < -0.3 is 15.8 Å². The summed E-state index contributed by atoms with van der Waals surface area (Å²) in [5.41, 5.74) is 6.86. The summed E-state index contributed by atoms with van der Waals surface area (Å²) < 4.78 is 5.09. The Labute approximate surface area is 113 Å². The van der Waals surface area contributed by atoms with Crippen LogP contribution in [0.2, 0.25) is 0 Å². The van der Waals surface area contributed by atoms with E-state index in [9.17, 15) is 9.59 Å². The quantitative estimate of drug-likeness (QED) is 0.646. The molecule has 0 bridgehead atoms. The minimum absolute atomic E-state index is 0.118. The molecule has 0 unspecified atom stereocenters. The second kappa shape index (κ2) is 6.22. The molecule has 1 aromatic carbocycles. The van der Waals surface area contributed by atoms with E-state index in [4.69, 9.17) is 10.5 Å². The highest BCUT2D eigenvalue weighted by Crippen LogP contribution is 2.20. The summed E-state index contributed by atoms with van der Waals surface area (Å²) in [4.78, 5) is 23.4. The number of anilines is 2. The van der Waals surface area contributed by atoms with Gasteiger partial charge >= 0.3 is 5.97 Å². The molecular formula is C14H20N2O3. The smallest absolute Gasteiger partial charge is 0.340 e. The van der Waals surface area contributed by atoms with Crippen LogP contribution in [0.25, 0.3) is 0 Å². The lowest BCUT2D eigenvalue weighted by molar-refractivity contribution is -0.118. The van der Waals surface area contributed by atoms with Crippen molar-refractivity contribution in [1.29, 1.82) is 0 Å². The Hall–Kier alpha value is -2.04. The number of amides is 1. The lowest BCUT2D eigenvalue weighted by Crippen LogP contribution is -2.19. The highest BCUT2D eigenvalue weighted by Gasteiger charge is 2.15. The SMILES string of the molecule is CC(C)OC(=O)c1cc(NC(=O)C(C)C)ccc1N. The summed E-state index contributed by atoms with van der Waals surface area (Å²) in [6.45, 7) is 7.11. The number of carbonyl (C=O) groups excluding carboxylic acids is 2. The van der Waals surface area contributed by atoms with Crippen molar-refractivity contribution in [3.05, 3.63) is 23.8 Å². The van der Waals surface area contributed by atoms with Gasteiger partial charge in [-0.15, -0.1) is 0 Å². The van der Waals surface area contributed by atoms with Gasteiger partial charge in [0, 0.05) is 17.3 Å². The van der Waals surface area contributed by atoms with E-state index < -0.39 is 5.97 Å². The zero-order chi connectivity index (χ0) is 14.6. The first-order chi connectivity index (χ1) is 8.81. The van der Waals surface area contributed by atoms with Gasteiger partial charge in [0.15, 0.2) is 0 Å². The first-order valence-electron chi connectivity index (χ1n) is 6.22. The maximum atomic E-state index is 11.8. The largest absolute Gasteiger partial charge is 0.459 e. The normalized spacial score (nSPS) is 10.6. The summed E-state index contributed by atoms with van der Waals surface area (Å²) in [6, 6.07) is 4.76. The molecule has 0 aliphatic rings. The van der Waals surface area contributed by atoms with Crippen molar-refractivity contribution in [2.75, 3.05) is 11.1 Å². The van der Waals surface area contributed by atoms with E-state index in [0.717, 1.165) is 0 Å². The Morgan fingerprint density at radius 2 is 1.84 bits per heavy atom. The van der Waals surface area contributed by atoms with Gasteiger partial charge in [-0.3, -0.25) is 4.79 Å². The lowest BCUT2D eigenvalue weighted by atomic mass is 10.1. The van der Waals surface area contributed by atoms with Crippen LogP contribution < -0.4 is 11.1 Å². The lowest BCUT2D eigenvalue weighted by Gasteiger charge is -2.12. The van der Waals surface area contributed by atoms with Crippen LogP contribution in [0, 0.1) is 5.92 Å². The Morgan fingerprint density at radius 3 is 2.37 bits per heavy atom. The van der Waals surface area contributed by atoms with Crippen molar-refractivity contribution in [3.63, 3.8) is 0 Å². The average molecular weight is 264 g/mol. The van der Waals surface area contributed by atoms with Crippen LogP contribution in [0.15, 0.2) is 18.2 Å². The molecule has 5 nitrogen and oxygen atoms in total. The fourth-order valence-electron chi connectivity index (χ4n) is 1.37. The minimum atomic E-state index is -0.492. The van der Waals surface area contributed by atoms with Gasteiger partial charge in [0.25, 0.3) is 0 Å². The summed E-state index contributed by atoms with van der Waals surface area (Å²) >= 11 is 0. The molecule has 1 aromatic rings. The molecule has 104 valence electrons. The van der Waals surface area contributed by atoms with Crippen LogP contribution in [0.3, 0.4) is 0 Å². The summed E-state index contributed by atoms with van der Waals surface area (Å²) in [5, 5.41) is 2.71. The minimum Gasteiger partial charge on any atom is -0.459 e. The first kappa shape index (κ1) is 15.0. The Balaban J connectivity index is 2.94. The van der Waals surface area contributed by atoms with E-state index in [1.165, 1.54) is 6.07 Å². The molecule has 5 heteroatoms. The second-order valence-corrected chi connectivity index (χ2v) is 4.90. The molecule has 0 aliphatic heterocycles. The molecule has 0 aromatic heterocycles. The molecule has 0 atom stereocenters. The third-order valence-electron chi connectivity index (χ3n) is 2.41. The molecule has 0 aliphatic carbocycles. The average Bonchev–Trinajstić information content (AvgIpc) is 2.30. The third kappa shape index (κ3) is 4.28. The van der Waals surface area contributed by atoms with Crippen molar-refractivity contribution < 1.29 is 14.3 Å². The molecule has 1 amide bonds. The predicted molar refractivity (Wildman–Crippen MR) is 74.9 cm³/mol. The van der Waals surface area contributed by atoms with E-state index in [0.29, 0.717) is 11.4 Å². The Morgan fingerprint density at radius 1 is 1.21 bits per heavy atom. The highest BCUT2D eigenvalue weighted by atomic mass is 16.5. The van der Waals surface area contributed by atoms with Gasteiger partial charge in [-0.05, 0) is 32.0 Å².